The van der Waals surface area contributed by atoms with Crippen LogP contribution in [0.5, 0.6) is 0 Å². The maximum absolute atomic E-state index is 13.0. The zero-order valence-electron chi connectivity index (χ0n) is 13.4. The molecule has 130 valence electrons. The lowest BCUT2D eigenvalue weighted by molar-refractivity contribution is -0.142. The standard InChI is InChI=1S/C17H21FN2O4/c1-10(21)19-14(8-12-4-6-13(18)7-5-12)16(22)20-15(17(23)24)9-11-2-3-11/h4-7,11,14-15H,2-3,8-9H2,1H3,(H,19,21)(H,20,22)(H,23,24)/t14-,15+/m1/s1. The van der Waals surface area contributed by atoms with Gasteiger partial charge in [-0.2, -0.15) is 0 Å². The molecule has 0 saturated heterocycles. The van der Waals surface area contributed by atoms with Gasteiger partial charge in [0.15, 0.2) is 0 Å². The summed E-state index contributed by atoms with van der Waals surface area (Å²) >= 11 is 0. The van der Waals surface area contributed by atoms with Gasteiger partial charge in [-0.25, -0.2) is 9.18 Å². The molecule has 1 aliphatic carbocycles. The van der Waals surface area contributed by atoms with Crippen molar-refractivity contribution in [1.29, 1.82) is 0 Å². The number of rotatable bonds is 8. The Labute approximate surface area is 139 Å². The Morgan fingerprint density at radius 2 is 1.79 bits per heavy atom. The number of halogens is 1. The number of carbonyl (C=O) groups is 3. The summed E-state index contributed by atoms with van der Waals surface area (Å²) in [7, 11) is 0. The second kappa shape index (κ2) is 7.90. The van der Waals surface area contributed by atoms with Gasteiger partial charge in [-0.15, -0.1) is 0 Å². The molecule has 2 rings (SSSR count). The summed E-state index contributed by atoms with van der Waals surface area (Å²) in [6, 6.07) is 3.71. The lowest BCUT2D eigenvalue weighted by Crippen LogP contribution is -2.52. The fourth-order valence-electron chi connectivity index (χ4n) is 2.49. The smallest absolute Gasteiger partial charge is 0.326 e. The third kappa shape index (κ3) is 5.64. The molecule has 7 heteroatoms. The first-order chi connectivity index (χ1) is 11.3. The van der Waals surface area contributed by atoms with E-state index < -0.39 is 35.7 Å². The van der Waals surface area contributed by atoms with E-state index in [4.69, 9.17) is 0 Å². The number of amides is 2. The molecule has 0 aromatic heterocycles. The van der Waals surface area contributed by atoms with E-state index in [-0.39, 0.29) is 6.42 Å². The minimum absolute atomic E-state index is 0.154. The summed E-state index contributed by atoms with van der Waals surface area (Å²) in [5.41, 5.74) is 0.666. The van der Waals surface area contributed by atoms with Crippen LogP contribution in [0.2, 0.25) is 0 Å². The molecular weight excluding hydrogens is 315 g/mol. The van der Waals surface area contributed by atoms with Crippen molar-refractivity contribution in [2.75, 3.05) is 0 Å². The van der Waals surface area contributed by atoms with Crippen molar-refractivity contribution in [3.05, 3.63) is 35.6 Å². The summed E-state index contributed by atoms with van der Waals surface area (Å²) in [5.74, 6) is -2.09. The number of hydrogen-bond acceptors (Lipinski definition) is 3. The number of carbonyl (C=O) groups excluding carboxylic acids is 2. The first kappa shape index (κ1) is 17.9. The molecule has 0 radical (unpaired) electrons. The fourth-order valence-corrected chi connectivity index (χ4v) is 2.49. The number of carboxylic acids is 1. The van der Waals surface area contributed by atoms with E-state index in [2.05, 4.69) is 10.6 Å². The van der Waals surface area contributed by atoms with Crippen molar-refractivity contribution in [3.63, 3.8) is 0 Å². The Morgan fingerprint density at radius 1 is 1.17 bits per heavy atom. The minimum atomic E-state index is -1.08. The molecule has 2 amide bonds. The molecule has 0 spiro atoms. The molecule has 1 saturated carbocycles. The Hall–Kier alpha value is -2.44. The summed E-state index contributed by atoms with van der Waals surface area (Å²) in [5, 5.41) is 14.3. The second-order valence-electron chi connectivity index (χ2n) is 6.16. The number of carboxylic acid groups (broad SMARTS) is 1. The third-order valence-electron chi connectivity index (χ3n) is 3.93. The molecule has 0 heterocycles. The predicted molar refractivity (Wildman–Crippen MR) is 84.6 cm³/mol. The highest BCUT2D eigenvalue weighted by Gasteiger charge is 2.32. The van der Waals surface area contributed by atoms with Crippen LogP contribution in [0.25, 0.3) is 0 Å². The van der Waals surface area contributed by atoms with Crippen LogP contribution in [-0.4, -0.2) is 35.0 Å². The van der Waals surface area contributed by atoms with Crippen molar-refractivity contribution < 1.29 is 23.9 Å². The van der Waals surface area contributed by atoms with E-state index in [1.807, 2.05) is 0 Å². The molecule has 1 aromatic carbocycles. The van der Waals surface area contributed by atoms with E-state index in [1.54, 1.807) is 0 Å². The van der Waals surface area contributed by atoms with E-state index >= 15 is 0 Å². The maximum Gasteiger partial charge on any atom is 0.326 e. The topological polar surface area (TPSA) is 95.5 Å². The summed E-state index contributed by atoms with van der Waals surface area (Å²) in [6.45, 7) is 1.28. The van der Waals surface area contributed by atoms with E-state index in [9.17, 15) is 23.9 Å². The molecule has 1 fully saturated rings. The van der Waals surface area contributed by atoms with Crippen molar-refractivity contribution in [1.82, 2.24) is 10.6 Å². The predicted octanol–water partition coefficient (Wildman–Crippen LogP) is 1.24. The highest BCUT2D eigenvalue weighted by molar-refractivity contribution is 5.90. The Balaban J connectivity index is 2.04. The third-order valence-corrected chi connectivity index (χ3v) is 3.93. The molecule has 0 unspecified atom stereocenters. The molecule has 24 heavy (non-hydrogen) atoms. The van der Waals surface area contributed by atoms with Gasteiger partial charge in [0.1, 0.15) is 17.9 Å². The van der Waals surface area contributed by atoms with Crippen molar-refractivity contribution in [2.45, 2.75) is 44.7 Å². The van der Waals surface area contributed by atoms with Crippen LogP contribution in [0.15, 0.2) is 24.3 Å². The molecule has 1 aromatic rings. The van der Waals surface area contributed by atoms with Gasteiger partial charge in [0.2, 0.25) is 11.8 Å². The van der Waals surface area contributed by atoms with Gasteiger partial charge >= 0.3 is 5.97 Å². The molecule has 3 N–H and O–H groups in total. The summed E-state index contributed by atoms with van der Waals surface area (Å²) in [6.07, 6.45) is 2.50. The van der Waals surface area contributed by atoms with Crippen molar-refractivity contribution >= 4 is 17.8 Å². The normalized spacial score (nSPS) is 16.1. The fraction of sp³-hybridized carbons (Fsp3) is 0.471. The minimum Gasteiger partial charge on any atom is -0.480 e. The number of benzene rings is 1. The van der Waals surface area contributed by atoms with Gasteiger partial charge < -0.3 is 15.7 Å². The lowest BCUT2D eigenvalue weighted by Gasteiger charge is -2.21. The van der Waals surface area contributed by atoms with E-state index in [1.165, 1.54) is 31.2 Å². The van der Waals surface area contributed by atoms with Gasteiger partial charge in [0, 0.05) is 13.3 Å². The average molecular weight is 336 g/mol. The summed E-state index contributed by atoms with van der Waals surface area (Å²) in [4.78, 5) is 35.0. The highest BCUT2D eigenvalue weighted by atomic mass is 19.1. The second-order valence-corrected chi connectivity index (χ2v) is 6.16. The number of nitrogens with one attached hydrogen (secondary N) is 2. The molecule has 2 atom stereocenters. The van der Waals surface area contributed by atoms with Gasteiger partial charge in [-0.3, -0.25) is 9.59 Å². The zero-order chi connectivity index (χ0) is 17.7. The quantitative estimate of drug-likeness (QED) is 0.666. The van der Waals surface area contributed by atoms with E-state index in [0.29, 0.717) is 17.9 Å². The Bertz CT molecular complexity index is 614. The van der Waals surface area contributed by atoms with Crippen LogP contribution in [0.3, 0.4) is 0 Å². The lowest BCUT2D eigenvalue weighted by atomic mass is 10.0. The van der Waals surface area contributed by atoms with Gasteiger partial charge in [0.25, 0.3) is 0 Å². The van der Waals surface area contributed by atoms with Crippen LogP contribution in [0, 0.1) is 11.7 Å². The van der Waals surface area contributed by atoms with E-state index in [0.717, 1.165) is 12.8 Å². The Kier molecular flexibility index (Phi) is 5.89. The number of hydrogen-bond donors (Lipinski definition) is 3. The molecule has 0 aliphatic heterocycles. The zero-order valence-corrected chi connectivity index (χ0v) is 13.4. The summed E-state index contributed by atoms with van der Waals surface area (Å²) < 4.78 is 13.0. The van der Waals surface area contributed by atoms with Gasteiger partial charge in [-0.1, -0.05) is 25.0 Å². The van der Waals surface area contributed by atoms with Gasteiger partial charge in [0.05, 0.1) is 0 Å². The average Bonchev–Trinajstić information content (AvgIpc) is 3.31. The highest BCUT2D eigenvalue weighted by Crippen LogP contribution is 2.33. The van der Waals surface area contributed by atoms with Crippen molar-refractivity contribution in [2.24, 2.45) is 5.92 Å². The van der Waals surface area contributed by atoms with Gasteiger partial charge in [-0.05, 0) is 30.0 Å². The molecule has 0 bridgehead atoms. The molecule has 1 aliphatic rings. The first-order valence-corrected chi connectivity index (χ1v) is 7.90. The van der Waals surface area contributed by atoms with Crippen LogP contribution < -0.4 is 10.6 Å². The largest absolute Gasteiger partial charge is 0.480 e. The SMILES string of the molecule is CC(=O)N[C@H](Cc1ccc(F)cc1)C(=O)N[C@@H](CC1CC1)C(=O)O. The van der Waals surface area contributed by atoms with Crippen LogP contribution in [-0.2, 0) is 20.8 Å². The van der Waals surface area contributed by atoms with Crippen LogP contribution in [0.1, 0.15) is 31.7 Å². The van der Waals surface area contributed by atoms with Crippen molar-refractivity contribution in [3.8, 4) is 0 Å². The van der Waals surface area contributed by atoms with Crippen LogP contribution >= 0.6 is 0 Å². The number of aliphatic carboxylic acids is 1. The Morgan fingerprint density at radius 3 is 2.29 bits per heavy atom. The maximum atomic E-state index is 13.0. The molecule has 6 nitrogen and oxygen atoms in total. The molecular formula is C17H21FN2O4. The monoisotopic (exact) mass is 336 g/mol. The first-order valence-electron chi connectivity index (χ1n) is 7.90. The van der Waals surface area contributed by atoms with Crippen LogP contribution in [0.4, 0.5) is 4.39 Å².